The number of hydrogen-bond acceptors (Lipinski definition) is 7. The maximum absolute atomic E-state index is 12.3. The second-order valence-electron chi connectivity index (χ2n) is 5.98. The van der Waals surface area contributed by atoms with Crippen molar-refractivity contribution in [2.45, 2.75) is 6.92 Å². The zero-order valence-electron chi connectivity index (χ0n) is 14.9. The van der Waals surface area contributed by atoms with E-state index < -0.39 is 0 Å². The van der Waals surface area contributed by atoms with Crippen molar-refractivity contribution in [3.8, 4) is 10.6 Å². The summed E-state index contributed by atoms with van der Waals surface area (Å²) >= 11 is 7.33. The van der Waals surface area contributed by atoms with E-state index in [1.165, 1.54) is 17.7 Å². The van der Waals surface area contributed by atoms with Crippen molar-refractivity contribution in [2.75, 3.05) is 18.4 Å². The van der Waals surface area contributed by atoms with Crippen LogP contribution >= 0.6 is 22.9 Å². The first-order valence-corrected chi connectivity index (χ1v) is 9.77. The molecule has 4 rings (SSSR count). The van der Waals surface area contributed by atoms with Gasteiger partial charge in [0.2, 0.25) is 0 Å². The summed E-state index contributed by atoms with van der Waals surface area (Å²) in [6.07, 6.45) is 1.45. The summed E-state index contributed by atoms with van der Waals surface area (Å²) in [5.74, 6) is 1.09. The highest BCUT2D eigenvalue weighted by Crippen LogP contribution is 2.25. The highest BCUT2D eigenvalue weighted by molar-refractivity contribution is 7.13. The number of anilines is 1. The predicted molar refractivity (Wildman–Crippen MR) is 109 cm³/mol. The molecule has 0 saturated carbocycles. The van der Waals surface area contributed by atoms with Crippen LogP contribution in [0, 0.1) is 6.92 Å². The molecule has 28 heavy (non-hydrogen) atoms. The third-order valence-electron chi connectivity index (χ3n) is 3.92. The Morgan fingerprint density at radius 2 is 2.04 bits per heavy atom. The number of nitrogens with zero attached hydrogens (tertiary/aromatic N) is 5. The van der Waals surface area contributed by atoms with Crippen LogP contribution in [-0.2, 0) is 0 Å². The fraction of sp³-hybridized carbons (Fsp3) is 0.167. The molecule has 0 radical (unpaired) electrons. The van der Waals surface area contributed by atoms with Gasteiger partial charge in [-0.05, 0) is 19.1 Å². The number of carbonyl (C=O) groups excluding carboxylic acids is 1. The topological polar surface area (TPSA) is 97.1 Å². The summed E-state index contributed by atoms with van der Waals surface area (Å²) in [7, 11) is 0. The number of carbonyl (C=O) groups is 1. The van der Waals surface area contributed by atoms with Gasteiger partial charge in [0, 0.05) is 40.8 Å². The van der Waals surface area contributed by atoms with Crippen molar-refractivity contribution in [3.05, 3.63) is 58.4 Å². The molecule has 4 aromatic rings. The standard InChI is InChI=1S/C18H16ClN7OS/c1-11-8-15(26-18(24-11)22-10-23-26)20-6-7-21-16(27)14-9-28-17(25-14)12-2-4-13(19)5-3-12/h2-5,8-10,20H,6-7H2,1H3,(H,21,27). The van der Waals surface area contributed by atoms with Gasteiger partial charge in [0.15, 0.2) is 0 Å². The van der Waals surface area contributed by atoms with E-state index in [2.05, 4.69) is 30.7 Å². The zero-order chi connectivity index (χ0) is 19.5. The minimum absolute atomic E-state index is 0.213. The first-order valence-electron chi connectivity index (χ1n) is 8.51. The fourth-order valence-corrected chi connectivity index (χ4v) is 3.55. The quantitative estimate of drug-likeness (QED) is 0.471. The van der Waals surface area contributed by atoms with Crippen LogP contribution in [0.4, 0.5) is 5.82 Å². The van der Waals surface area contributed by atoms with Crippen molar-refractivity contribution >= 4 is 40.4 Å². The van der Waals surface area contributed by atoms with Crippen molar-refractivity contribution in [3.63, 3.8) is 0 Å². The van der Waals surface area contributed by atoms with E-state index in [1.54, 1.807) is 22.0 Å². The van der Waals surface area contributed by atoms with Gasteiger partial charge in [0.1, 0.15) is 22.8 Å². The Labute approximate surface area is 169 Å². The summed E-state index contributed by atoms with van der Waals surface area (Å²) in [4.78, 5) is 25.1. The number of amides is 1. The Kier molecular flexibility index (Phi) is 5.18. The highest BCUT2D eigenvalue weighted by Gasteiger charge is 2.12. The Hall–Kier alpha value is -3.04. The molecular formula is C18H16ClN7OS. The smallest absolute Gasteiger partial charge is 0.270 e. The summed E-state index contributed by atoms with van der Waals surface area (Å²) < 4.78 is 1.62. The summed E-state index contributed by atoms with van der Waals surface area (Å²) in [6, 6.07) is 9.25. The zero-order valence-corrected chi connectivity index (χ0v) is 16.5. The van der Waals surface area contributed by atoms with E-state index in [1.807, 2.05) is 25.1 Å². The summed E-state index contributed by atoms with van der Waals surface area (Å²) in [6.45, 7) is 2.85. The lowest BCUT2D eigenvalue weighted by Crippen LogP contribution is -2.29. The Morgan fingerprint density at radius 3 is 2.86 bits per heavy atom. The molecule has 0 fully saturated rings. The largest absolute Gasteiger partial charge is 0.368 e. The number of nitrogens with one attached hydrogen (secondary N) is 2. The SMILES string of the molecule is Cc1cc(NCCNC(=O)c2csc(-c3ccc(Cl)cc3)n2)n2ncnc2n1. The van der Waals surface area contributed by atoms with Gasteiger partial charge in [-0.25, -0.2) is 9.97 Å². The number of aryl methyl sites for hydroxylation is 1. The first-order chi connectivity index (χ1) is 13.6. The molecule has 0 aliphatic heterocycles. The maximum Gasteiger partial charge on any atom is 0.270 e. The van der Waals surface area contributed by atoms with E-state index in [-0.39, 0.29) is 5.91 Å². The van der Waals surface area contributed by atoms with Crippen LogP contribution in [0.5, 0.6) is 0 Å². The lowest BCUT2D eigenvalue weighted by molar-refractivity contribution is 0.0951. The molecule has 0 saturated heterocycles. The van der Waals surface area contributed by atoms with Crippen LogP contribution < -0.4 is 10.6 Å². The minimum atomic E-state index is -0.213. The fourth-order valence-electron chi connectivity index (χ4n) is 2.62. The number of benzene rings is 1. The van der Waals surface area contributed by atoms with Crippen molar-refractivity contribution in [2.24, 2.45) is 0 Å². The molecule has 0 atom stereocenters. The van der Waals surface area contributed by atoms with Crippen molar-refractivity contribution < 1.29 is 4.79 Å². The maximum atomic E-state index is 12.3. The third kappa shape index (κ3) is 3.95. The van der Waals surface area contributed by atoms with E-state index in [4.69, 9.17) is 11.6 Å². The number of thiazole rings is 1. The normalized spacial score (nSPS) is 10.9. The number of rotatable bonds is 6. The van der Waals surface area contributed by atoms with E-state index >= 15 is 0 Å². The number of aromatic nitrogens is 5. The van der Waals surface area contributed by atoms with Gasteiger partial charge < -0.3 is 10.6 Å². The second-order valence-corrected chi connectivity index (χ2v) is 7.28. The molecular weight excluding hydrogens is 398 g/mol. The van der Waals surface area contributed by atoms with Crippen molar-refractivity contribution in [1.82, 2.24) is 29.9 Å². The van der Waals surface area contributed by atoms with Gasteiger partial charge in [-0.2, -0.15) is 14.6 Å². The molecule has 3 aromatic heterocycles. The predicted octanol–water partition coefficient (Wildman–Crippen LogP) is 3.05. The molecule has 0 unspecified atom stereocenters. The minimum Gasteiger partial charge on any atom is -0.368 e. The highest BCUT2D eigenvalue weighted by atomic mass is 35.5. The van der Waals surface area contributed by atoms with Gasteiger partial charge in [-0.1, -0.05) is 23.7 Å². The second kappa shape index (κ2) is 7.91. The van der Waals surface area contributed by atoms with Gasteiger partial charge in [0.25, 0.3) is 11.7 Å². The molecule has 0 aliphatic rings. The van der Waals surface area contributed by atoms with Crippen LogP contribution in [0.1, 0.15) is 16.2 Å². The molecule has 1 amide bonds. The molecule has 142 valence electrons. The van der Waals surface area contributed by atoms with Gasteiger partial charge in [-0.15, -0.1) is 11.3 Å². The molecule has 3 heterocycles. The number of halogens is 1. The molecule has 2 N–H and O–H groups in total. The molecule has 0 spiro atoms. The lowest BCUT2D eigenvalue weighted by Gasteiger charge is -2.09. The lowest BCUT2D eigenvalue weighted by atomic mass is 10.2. The Morgan fingerprint density at radius 1 is 1.21 bits per heavy atom. The van der Waals surface area contributed by atoms with Crippen LogP contribution in [0.25, 0.3) is 16.3 Å². The Balaban J connectivity index is 1.33. The van der Waals surface area contributed by atoms with Crippen LogP contribution in [0.3, 0.4) is 0 Å². The van der Waals surface area contributed by atoms with E-state index in [0.29, 0.717) is 29.6 Å². The molecule has 8 nitrogen and oxygen atoms in total. The average Bonchev–Trinajstić information content (AvgIpc) is 3.35. The van der Waals surface area contributed by atoms with Crippen LogP contribution in [0.2, 0.25) is 5.02 Å². The molecule has 0 aliphatic carbocycles. The summed E-state index contributed by atoms with van der Waals surface area (Å²) in [5.41, 5.74) is 2.16. The molecule has 1 aromatic carbocycles. The first kappa shape index (κ1) is 18.3. The van der Waals surface area contributed by atoms with E-state index in [9.17, 15) is 4.79 Å². The van der Waals surface area contributed by atoms with Gasteiger partial charge in [0.05, 0.1) is 0 Å². The third-order valence-corrected chi connectivity index (χ3v) is 5.07. The van der Waals surface area contributed by atoms with Crippen LogP contribution in [0.15, 0.2) is 42.0 Å². The monoisotopic (exact) mass is 413 g/mol. The van der Waals surface area contributed by atoms with Gasteiger partial charge >= 0.3 is 0 Å². The Bertz CT molecular complexity index is 1120. The van der Waals surface area contributed by atoms with Crippen molar-refractivity contribution in [1.29, 1.82) is 0 Å². The van der Waals surface area contributed by atoms with Gasteiger partial charge in [-0.3, -0.25) is 4.79 Å². The summed E-state index contributed by atoms with van der Waals surface area (Å²) in [5, 5.41) is 13.4. The number of hydrogen-bond donors (Lipinski definition) is 2. The molecule has 0 bridgehead atoms. The van der Waals surface area contributed by atoms with Crippen LogP contribution in [-0.4, -0.2) is 43.6 Å². The average molecular weight is 414 g/mol. The molecule has 10 heteroatoms. The number of fused-ring (bicyclic) bond motifs is 1. The van der Waals surface area contributed by atoms with E-state index in [0.717, 1.165) is 22.1 Å².